The van der Waals surface area contributed by atoms with Gasteiger partial charge in [0, 0.05) is 66.5 Å². The van der Waals surface area contributed by atoms with E-state index in [1.54, 1.807) is 72.8 Å². The second-order valence-electron chi connectivity index (χ2n) is 23.2. The highest BCUT2D eigenvalue weighted by Crippen LogP contribution is 2.37. The van der Waals surface area contributed by atoms with Gasteiger partial charge in [0.05, 0.1) is 0 Å². The zero-order chi connectivity index (χ0) is 63.4. The molecule has 0 saturated carbocycles. The minimum absolute atomic E-state index is 0.0718. The van der Waals surface area contributed by atoms with E-state index in [0.717, 1.165) is 44.5 Å². The Morgan fingerprint density at radius 2 is 0.380 bits per heavy atom. The third kappa shape index (κ3) is 14.6. The summed E-state index contributed by atoms with van der Waals surface area (Å²) in [5.74, 6) is 17.6. The zero-order valence-electron chi connectivity index (χ0n) is 51.2. The molecule has 0 spiro atoms. The summed E-state index contributed by atoms with van der Waals surface area (Å²) in [7, 11) is 0. The van der Waals surface area contributed by atoms with Crippen LogP contribution in [0, 0.1) is 23.7 Å². The number of rotatable bonds is 18. The van der Waals surface area contributed by atoms with E-state index in [4.69, 9.17) is 18.9 Å². The SMILES string of the molecule is CC(C)(c1ccc(Oc2ccc(C(=O)c3ccc(C#Cc4ccccc4)cc3)cc2)cc1)c1ccc(Oc2ccc(C(=O)c3ccc(Oc4ccc(C(C)(C)c5ccc(Oc6ccc(C(=O)c7ccc(C#Cc8ccccc8)cc7)cc6)cc5)cc4)cc3)cc2)cc1. The van der Waals surface area contributed by atoms with Crippen molar-refractivity contribution in [2.75, 3.05) is 0 Å². The number of hydrogen-bond donors (Lipinski definition) is 0. The molecule has 0 fully saturated rings. The lowest BCUT2D eigenvalue weighted by molar-refractivity contribution is 0.103. The molecule has 7 heteroatoms. The molecular formula is C85H62O7. The summed E-state index contributed by atoms with van der Waals surface area (Å²) in [5, 5.41) is 0. The Morgan fingerprint density at radius 1 is 0.217 bits per heavy atom. The predicted octanol–water partition coefficient (Wildman–Crippen LogP) is 20.0. The highest BCUT2D eigenvalue weighted by Gasteiger charge is 2.25. The lowest BCUT2D eigenvalue weighted by Gasteiger charge is -2.26. The van der Waals surface area contributed by atoms with Gasteiger partial charge in [-0.1, -0.05) is 136 Å². The molecule has 12 aromatic carbocycles. The topological polar surface area (TPSA) is 88.1 Å². The molecule has 7 nitrogen and oxygen atoms in total. The van der Waals surface area contributed by atoms with Crippen molar-refractivity contribution < 1.29 is 33.3 Å². The van der Waals surface area contributed by atoms with Crippen molar-refractivity contribution in [3.63, 3.8) is 0 Å². The summed E-state index contributed by atoms with van der Waals surface area (Å²) in [4.78, 5) is 40.1. The first-order valence-corrected chi connectivity index (χ1v) is 30.3. The molecule has 12 aromatic rings. The second-order valence-corrected chi connectivity index (χ2v) is 23.2. The van der Waals surface area contributed by atoms with Gasteiger partial charge in [-0.05, 0) is 241 Å². The monoisotopic (exact) mass is 1190 g/mol. The predicted molar refractivity (Wildman–Crippen MR) is 364 cm³/mol. The van der Waals surface area contributed by atoms with Crippen LogP contribution in [-0.4, -0.2) is 17.3 Å². The van der Waals surface area contributed by atoms with Gasteiger partial charge < -0.3 is 18.9 Å². The summed E-state index contributed by atoms with van der Waals surface area (Å²) in [6, 6.07) is 95.2. The molecule has 444 valence electrons. The number of carbonyl (C=O) groups excluding carboxylic acids is 3. The Labute approximate surface area is 537 Å². The Balaban J connectivity index is 0.585. The summed E-state index contributed by atoms with van der Waals surface area (Å²) in [6.45, 7) is 8.71. The van der Waals surface area contributed by atoms with Crippen LogP contribution in [0.25, 0.3) is 0 Å². The molecule has 0 N–H and O–H groups in total. The molecule has 92 heavy (non-hydrogen) atoms. The zero-order valence-corrected chi connectivity index (χ0v) is 51.2. The fraction of sp³-hybridized carbons (Fsp3) is 0.0706. The van der Waals surface area contributed by atoms with Crippen LogP contribution in [0.4, 0.5) is 0 Å². The van der Waals surface area contributed by atoms with E-state index >= 15 is 0 Å². The van der Waals surface area contributed by atoms with E-state index in [0.29, 0.717) is 79.4 Å². The van der Waals surface area contributed by atoms with Gasteiger partial charge in [0.1, 0.15) is 46.0 Å². The molecule has 0 aliphatic heterocycles. The summed E-state index contributed by atoms with van der Waals surface area (Å²) in [5.41, 5.74) is 10.8. The van der Waals surface area contributed by atoms with E-state index in [-0.39, 0.29) is 28.2 Å². The molecule has 0 amide bonds. The molecular weight excluding hydrogens is 1130 g/mol. The van der Waals surface area contributed by atoms with Gasteiger partial charge in [-0.25, -0.2) is 0 Å². The summed E-state index contributed by atoms with van der Waals surface area (Å²) >= 11 is 0. The Bertz CT molecular complexity index is 4360. The first-order chi connectivity index (χ1) is 44.7. The third-order valence-electron chi connectivity index (χ3n) is 16.3. The van der Waals surface area contributed by atoms with Crippen LogP contribution in [0.3, 0.4) is 0 Å². The minimum atomic E-state index is -0.323. The van der Waals surface area contributed by atoms with E-state index in [1.807, 2.05) is 182 Å². The van der Waals surface area contributed by atoms with Crippen LogP contribution in [0.1, 0.15) is 120 Å². The van der Waals surface area contributed by atoms with Crippen LogP contribution in [-0.2, 0) is 10.8 Å². The first-order valence-electron chi connectivity index (χ1n) is 30.3. The molecule has 0 atom stereocenters. The molecule has 0 bridgehead atoms. The number of hydrogen-bond acceptors (Lipinski definition) is 7. The lowest BCUT2D eigenvalue weighted by Crippen LogP contribution is -2.18. The number of ether oxygens (including phenoxy) is 4. The Kier molecular flexibility index (Phi) is 17.8. The van der Waals surface area contributed by atoms with Crippen molar-refractivity contribution in [1.82, 2.24) is 0 Å². The molecule has 0 unspecified atom stereocenters. The molecule has 0 radical (unpaired) electrons. The van der Waals surface area contributed by atoms with Crippen LogP contribution in [0.2, 0.25) is 0 Å². The van der Waals surface area contributed by atoms with Gasteiger partial charge in [-0.3, -0.25) is 14.4 Å². The lowest BCUT2D eigenvalue weighted by atomic mass is 9.78. The van der Waals surface area contributed by atoms with E-state index in [9.17, 15) is 14.4 Å². The van der Waals surface area contributed by atoms with Crippen LogP contribution >= 0.6 is 0 Å². The largest absolute Gasteiger partial charge is 0.457 e. The minimum Gasteiger partial charge on any atom is -0.457 e. The van der Waals surface area contributed by atoms with Crippen molar-refractivity contribution >= 4 is 17.3 Å². The van der Waals surface area contributed by atoms with Crippen LogP contribution < -0.4 is 18.9 Å². The standard InChI is InChI=1S/C85H62O7/c1-84(2,69-35-51-77(52-36-69)89-73-43-27-65(28-44-73)81(86)63-23-19-61(20-24-63)17-15-59-11-7-5-8-12-59)71-39-55-79(56-40-71)91-75-47-31-67(32-48-75)83(88)68-33-49-76(50-34-68)92-80-57-41-72(42-58-80)85(3,4)70-37-53-78(54-38-70)90-74-45-29-66(30-46-74)82(87)64-25-21-62(22-26-64)18-16-60-13-9-6-10-14-60/h5-14,19-58H,1-4H3. The van der Waals surface area contributed by atoms with Crippen molar-refractivity contribution in [2.45, 2.75) is 38.5 Å². The molecule has 0 saturated heterocycles. The molecule has 0 aliphatic carbocycles. The normalized spacial score (nSPS) is 11.0. The van der Waals surface area contributed by atoms with E-state index < -0.39 is 0 Å². The highest BCUT2D eigenvalue weighted by molar-refractivity contribution is 6.10. The number of benzene rings is 12. The van der Waals surface area contributed by atoms with Crippen molar-refractivity contribution in [2.24, 2.45) is 0 Å². The second kappa shape index (κ2) is 27.2. The van der Waals surface area contributed by atoms with Gasteiger partial charge in [0.2, 0.25) is 0 Å². The van der Waals surface area contributed by atoms with Crippen molar-refractivity contribution in [1.29, 1.82) is 0 Å². The van der Waals surface area contributed by atoms with E-state index in [1.165, 1.54) is 0 Å². The maximum atomic E-state index is 13.6. The quantitative estimate of drug-likeness (QED) is 0.0625. The van der Waals surface area contributed by atoms with Gasteiger partial charge in [-0.15, -0.1) is 0 Å². The first kappa shape index (κ1) is 60.3. The van der Waals surface area contributed by atoms with E-state index in [2.05, 4.69) is 99.9 Å². The van der Waals surface area contributed by atoms with Gasteiger partial charge in [0.25, 0.3) is 0 Å². The summed E-state index contributed by atoms with van der Waals surface area (Å²) < 4.78 is 24.8. The maximum Gasteiger partial charge on any atom is 0.193 e. The fourth-order valence-electron chi connectivity index (χ4n) is 10.6. The average molecular weight is 1200 g/mol. The van der Waals surface area contributed by atoms with Crippen molar-refractivity contribution in [3.05, 3.63) is 381 Å². The highest BCUT2D eigenvalue weighted by atomic mass is 16.5. The Hall–Kier alpha value is -12.0. The number of ketones is 3. The van der Waals surface area contributed by atoms with Gasteiger partial charge >= 0.3 is 0 Å². The van der Waals surface area contributed by atoms with Crippen LogP contribution in [0.5, 0.6) is 46.0 Å². The Morgan fingerprint density at radius 3 is 0.576 bits per heavy atom. The molecule has 0 aromatic heterocycles. The fourth-order valence-corrected chi connectivity index (χ4v) is 10.6. The summed E-state index contributed by atoms with van der Waals surface area (Å²) in [6.07, 6.45) is 0. The smallest absolute Gasteiger partial charge is 0.193 e. The van der Waals surface area contributed by atoms with Crippen molar-refractivity contribution in [3.8, 4) is 69.7 Å². The van der Waals surface area contributed by atoms with Gasteiger partial charge in [0.15, 0.2) is 17.3 Å². The number of carbonyl (C=O) groups is 3. The van der Waals surface area contributed by atoms with Gasteiger partial charge in [-0.2, -0.15) is 0 Å². The molecule has 0 heterocycles. The average Bonchev–Trinajstić information content (AvgIpc) is 2.17. The van der Waals surface area contributed by atoms with Crippen LogP contribution in [0.15, 0.2) is 303 Å². The maximum absolute atomic E-state index is 13.6. The molecule has 0 aliphatic rings. The molecule has 12 rings (SSSR count). The third-order valence-corrected chi connectivity index (χ3v) is 16.3.